The highest BCUT2D eigenvalue weighted by Crippen LogP contribution is 2.34. The molecule has 0 bridgehead atoms. The second-order valence-corrected chi connectivity index (χ2v) is 7.15. The van der Waals surface area contributed by atoms with Gasteiger partial charge in [0.25, 0.3) is 0 Å². The number of anilines is 2. The Kier molecular flexibility index (Phi) is 4.11. The Morgan fingerprint density at radius 1 is 1.04 bits per heavy atom. The summed E-state index contributed by atoms with van der Waals surface area (Å²) in [6, 6.07) is 6.38. The van der Waals surface area contributed by atoms with Crippen LogP contribution >= 0.6 is 0 Å². The lowest BCUT2D eigenvalue weighted by Gasteiger charge is -2.35. The van der Waals surface area contributed by atoms with Crippen molar-refractivity contribution in [1.29, 1.82) is 0 Å². The molecule has 7 nitrogen and oxygen atoms in total. The molecule has 27 heavy (non-hydrogen) atoms. The molecule has 142 valence electrons. The van der Waals surface area contributed by atoms with Crippen molar-refractivity contribution in [3.05, 3.63) is 34.5 Å². The van der Waals surface area contributed by atoms with Gasteiger partial charge in [-0.3, -0.25) is 4.79 Å². The molecular formula is C20H24N4O3. The number of rotatable bonds is 2. The number of piperazine rings is 1. The second kappa shape index (κ2) is 6.35. The third-order valence-corrected chi connectivity index (χ3v) is 5.44. The number of hydrogen-bond donors (Lipinski definition) is 3. The largest absolute Gasteiger partial charge is 0.508 e. The number of aromatic hydroxyl groups is 2. The van der Waals surface area contributed by atoms with Gasteiger partial charge in [0, 0.05) is 50.2 Å². The highest BCUT2D eigenvalue weighted by molar-refractivity contribution is 6.00. The van der Waals surface area contributed by atoms with Crippen LogP contribution in [-0.4, -0.2) is 52.9 Å². The number of nitrogens with zero attached hydrogens (tertiary/aromatic N) is 3. The van der Waals surface area contributed by atoms with Gasteiger partial charge in [0.15, 0.2) is 0 Å². The molecule has 0 radical (unpaired) electrons. The lowest BCUT2D eigenvalue weighted by molar-refractivity contribution is 0.313. The number of aromatic nitrogens is 1. The van der Waals surface area contributed by atoms with E-state index in [0.717, 1.165) is 37.4 Å². The van der Waals surface area contributed by atoms with Crippen molar-refractivity contribution in [2.24, 2.45) is 0 Å². The number of phenols is 2. The van der Waals surface area contributed by atoms with Crippen LogP contribution in [0.3, 0.4) is 0 Å². The van der Waals surface area contributed by atoms with E-state index in [1.165, 1.54) is 12.1 Å². The van der Waals surface area contributed by atoms with E-state index >= 15 is 0 Å². The molecule has 0 atom stereocenters. The van der Waals surface area contributed by atoms with E-state index in [1.807, 2.05) is 17.6 Å². The van der Waals surface area contributed by atoms with E-state index in [0.29, 0.717) is 23.1 Å². The molecule has 0 spiro atoms. The van der Waals surface area contributed by atoms with Crippen LogP contribution in [0.25, 0.3) is 21.8 Å². The van der Waals surface area contributed by atoms with Gasteiger partial charge in [-0.1, -0.05) is 0 Å². The Hall–Kier alpha value is -2.93. The van der Waals surface area contributed by atoms with Crippen LogP contribution in [0, 0.1) is 0 Å². The van der Waals surface area contributed by atoms with E-state index in [1.54, 1.807) is 6.07 Å². The number of pyridine rings is 1. The standard InChI is InChI=1S/C20H24N4O3/c1-3-24-15-11-16(23-6-4-22(2)5-7-23)14(21)10-13(15)20(27)19-17(24)8-12(25)9-18(19)26/h8-11,25-26H,3-7,21H2,1-2H3. The van der Waals surface area contributed by atoms with Gasteiger partial charge in [-0.05, 0) is 26.1 Å². The van der Waals surface area contributed by atoms with E-state index in [2.05, 4.69) is 16.8 Å². The van der Waals surface area contributed by atoms with Crippen LogP contribution in [0.5, 0.6) is 11.5 Å². The summed E-state index contributed by atoms with van der Waals surface area (Å²) in [5, 5.41) is 20.8. The minimum atomic E-state index is -0.279. The Bertz CT molecular complexity index is 1100. The minimum absolute atomic E-state index is 0.0734. The molecular weight excluding hydrogens is 344 g/mol. The predicted octanol–water partition coefficient (Wildman–Crippen LogP) is 1.92. The molecule has 0 saturated carbocycles. The monoisotopic (exact) mass is 368 g/mol. The Balaban J connectivity index is 2.03. The molecule has 4 rings (SSSR count). The Morgan fingerprint density at radius 2 is 1.74 bits per heavy atom. The van der Waals surface area contributed by atoms with E-state index in [4.69, 9.17) is 5.73 Å². The summed E-state index contributed by atoms with van der Waals surface area (Å²) in [5.41, 5.74) is 8.78. The van der Waals surface area contributed by atoms with E-state index in [9.17, 15) is 15.0 Å². The van der Waals surface area contributed by atoms with E-state index in [-0.39, 0.29) is 22.3 Å². The molecule has 1 fully saturated rings. The molecule has 1 aromatic heterocycles. The van der Waals surface area contributed by atoms with Gasteiger partial charge in [-0.15, -0.1) is 0 Å². The van der Waals surface area contributed by atoms with Crippen molar-refractivity contribution >= 4 is 33.2 Å². The Labute approximate surface area is 156 Å². The van der Waals surface area contributed by atoms with Crippen LogP contribution in [0.15, 0.2) is 29.1 Å². The number of aryl methyl sites for hydroxylation is 1. The van der Waals surface area contributed by atoms with Crippen LogP contribution in [0.1, 0.15) is 6.92 Å². The molecule has 4 N–H and O–H groups in total. The summed E-state index contributed by atoms with van der Waals surface area (Å²) in [6.07, 6.45) is 0. The van der Waals surface area contributed by atoms with Gasteiger partial charge in [0.05, 0.1) is 27.8 Å². The van der Waals surface area contributed by atoms with Gasteiger partial charge >= 0.3 is 0 Å². The molecule has 1 aliphatic rings. The summed E-state index contributed by atoms with van der Waals surface area (Å²) in [4.78, 5) is 17.6. The topological polar surface area (TPSA) is 95.0 Å². The number of nitrogens with two attached hydrogens (primary N) is 1. The zero-order valence-corrected chi connectivity index (χ0v) is 15.6. The summed E-state index contributed by atoms with van der Waals surface area (Å²) >= 11 is 0. The van der Waals surface area contributed by atoms with Crippen molar-refractivity contribution in [3.63, 3.8) is 0 Å². The Morgan fingerprint density at radius 3 is 2.41 bits per heavy atom. The molecule has 2 aromatic carbocycles. The van der Waals surface area contributed by atoms with Gasteiger partial charge in [-0.2, -0.15) is 0 Å². The third-order valence-electron chi connectivity index (χ3n) is 5.44. The van der Waals surface area contributed by atoms with Crippen LogP contribution in [0.2, 0.25) is 0 Å². The van der Waals surface area contributed by atoms with Gasteiger partial charge < -0.3 is 30.3 Å². The van der Waals surface area contributed by atoms with Crippen molar-refractivity contribution in [1.82, 2.24) is 9.47 Å². The predicted molar refractivity (Wildman–Crippen MR) is 109 cm³/mol. The van der Waals surface area contributed by atoms with Gasteiger partial charge in [-0.25, -0.2) is 0 Å². The second-order valence-electron chi connectivity index (χ2n) is 7.15. The fraction of sp³-hybridized carbons (Fsp3) is 0.350. The lowest BCUT2D eigenvalue weighted by Crippen LogP contribution is -2.44. The molecule has 3 aromatic rings. The molecule has 1 saturated heterocycles. The van der Waals surface area contributed by atoms with Crippen molar-refractivity contribution < 1.29 is 10.2 Å². The first-order chi connectivity index (χ1) is 12.9. The quantitative estimate of drug-likeness (QED) is 0.473. The average Bonchev–Trinajstić information content (AvgIpc) is 2.62. The van der Waals surface area contributed by atoms with E-state index < -0.39 is 0 Å². The number of nitrogen functional groups attached to an aromatic ring is 1. The summed E-state index contributed by atoms with van der Waals surface area (Å²) in [7, 11) is 2.10. The molecule has 2 heterocycles. The maximum Gasteiger partial charge on any atom is 0.201 e. The number of fused-ring (bicyclic) bond motifs is 2. The lowest BCUT2D eigenvalue weighted by atomic mass is 10.1. The normalized spacial score (nSPS) is 15.7. The fourth-order valence-corrected chi connectivity index (χ4v) is 3.97. The average molecular weight is 368 g/mol. The van der Waals surface area contributed by atoms with Crippen molar-refractivity contribution in [2.45, 2.75) is 13.5 Å². The highest BCUT2D eigenvalue weighted by atomic mass is 16.3. The molecule has 7 heteroatoms. The molecule has 0 unspecified atom stereocenters. The summed E-state index contributed by atoms with van der Waals surface area (Å²) in [5.74, 6) is -0.295. The zero-order chi connectivity index (χ0) is 19.3. The summed E-state index contributed by atoms with van der Waals surface area (Å²) in [6.45, 7) is 6.21. The maximum atomic E-state index is 13.0. The molecule has 0 amide bonds. The number of likely N-dealkylation sites (N-methyl/N-ethyl adjacent to an activating group) is 1. The van der Waals surface area contributed by atoms with Crippen LogP contribution < -0.4 is 16.1 Å². The third kappa shape index (κ3) is 2.75. The van der Waals surface area contributed by atoms with Crippen LogP contribution in [0.4, 0.5) is 11.4 Å². The van der Waals surface area contributed by atoms with Crippen molar-refractivity contribution in [3.8, 4) is 11.5 Å². The van der Waals surface area contributed by atoms with Gasteiger partial charge in [0.1, 0.15) is 11.5 Å². The smallest absolute Gasteiger partial charge is 0.201 e. The summed E-state index contributed by atoms with van der Waals surface area (Å²) < 4.78 is 1.94. The first-order valence-electron chi connectivity index (χ1n) is 9.16. The first kappa shape index (κ1) is 17.5. The SMILES string of the molecule is CCn1c2cc(N3CCN(C)CC3)c(N)cc2c(=O)c2c(O)cc(O)cc21. The number of benzene rings is 2. The maximum absolute atomic E-state index is 13.0. The molecule has 1 aliphatic heterocycles. The minimum Gasteiger partial charge on any atom is -0.508 e. The van der Waals surface area contributed by atoms with Crippen molar-refractivity contribution in [2.75, 3.05) is 43.9 Å². The number of phenolic OH excluding ortho intramolecular Hbond substituents is 2. The fourth-order valence-electron chi connectivity index (χ4n) is 3.97. The number of hydrogen-bond acceptors (Lipinski definition) is 6. The zero-order valence-electron chi connectivity index (χ0n) is 15.6. The first-order valence-corrected chi connectivity index (χ1v) is 9.16. The van der Waals surface area contributed by atoms with Crippen LogP contribution in [-0.2, 0) is 6.54 Å². The highest BCUT2D eigenvalue weighted by Gasteiger charge is 2.20. The van der Waals surface area contributed by atoms with Gasteiger partial charge in [0.2, 0.25) is 5.43 Å². The molecule has 0 aliphatic carbocycles.